The van der Waals surface area contributed by atoms with Gasteiger partial charge in [-0.25, -0.2) is 4.79 Å². The summed E-state index contributed by atoms with van der Waals surface area (Å²) in [5.74, 6) is 1.16. The summed E-state index contributed by atoms with van der Waals surface area (Å²) in [6.45, 7) is 6.38. The number of hydrogen-bond donors (Lipinski definition) is 1. The van der Waals surface area contributed by atoms with E-state index in [1.165, 1.54) is 7.11 Å². The Morgan fingerprint density at radius 1 is 1.47 bits per heavy atom. The van der Waals surface area contributed by atoms with Crippen LogP contribution in [0.3, 0.4) is 0 Å². The van der Waals surface area contributed by atoms with Gasteiger partial charge in [0.05, 0.1) is 7.11 Å². The molecule has 1 aromatic rings. The van der Waals surface area contributed by atoms with Crippen molar-refractivity contribution in [1.82, 2.24) is 5.32 Å². The molecule has 0 radical (unpaired) electrons. The lowest BCUT2D eigenvalue weighted by Crippen LogP contribution is -2.52. The van der Waals surface area contributed by atoms with E-state index >= 15 is 0 Å². The highest BCUT2D eigenvalue weighted by atomic mass is 32.2. The molecule has 0 aromatic heterocycles. The zero-order valence-electron chi connectivity index (χ0n) is 11.5. The first-order chi connectivity index (χ1) is 9.21. The van der Waals surface area contributed by atoms with Gasteiger partial charge in [-0.15, -0.1) is 6.58 Å². The van der Waals surface area contributed by atoms with Gasteiger partial charge in [-0.1, -0.05) is 43.3 Å². The number of methoxy groups -OCH3 is 1. The second-order valence-corrected chi connectivity index (χ2v) is 5.13. The summed E-state index contributed by atoms with van der Waals surface area (Å²) in [7, 11) is 1.43. The van der Waals surface area contributed by atoms with E-state index < -0.39 is 5.54 Å². The molecule has 1 unspecified atom stereocenters. The molecular weight excluding hydrogens is 258 g/mol. The summed E-state index contributed by atoms with van der Waals surface area (Å²) in [5, 5.41) is 3.29. The number of nitrogens with one attached hydrogen (secondary N) is 1. The highest BCUT2D eigenvalue weighted by Gasteiger charge is 2.40. The molecule has 0 aliphatic carbocycles. The van der Waals surface area contributed by atoms with Gasteiger partial charge in [0.25, 0.3) is 0 Å². The van der Waals surface area contributed by atoms with Gasteiger partial charge in [-0.05, 0) is 12.1 Å². The molecule has 3 nitrogen and oxygen atoms in total. The van der Waals surface area contributed by atoms with Crippen molar-refractivity contribution in [3.05, 3.63) is 48.6 Å². The molecule has 0 heterocycles. The topological polar surface area (TPSA) is 38.3 Å². The molecule has 1 aromatic carbocycles. The first kappa shape index (κ1) is 15.8. The fourth-order valence-corrected chi connectivity index (χ4v) is 2.96. The number of benzene rings is 1. The number of likely N-dealkylation sites (N-methyl/N-ethyl adjacent to an activating group) is 1. The number of hydrogen-bond acceptors (Lipinski definition) is 4. The second-order valence-electron chi connectivity index (χ2n) is 4.10. The largest absolute Gasteiger partial charge is 0.467 e. The number of rotatable bonds is 8. The van der Waals surface area contributed by atoms with Crippen molar-refractivity contribution in [1.29, 1.82) is 0 Å². The molecule has 1 rings (SSSR count). The molecule has 4 heteroatoms. The molecule has 0 fully saturated rings. The van der Waals surface area contributed by atoms with Crippen molar-refractivity contribution >= 4 is 17.7 Å². The summed E-state index contributed by atoms with van der Waals surface area (Å²) in [5.41, 5.74) is 0.138. The first-order valence-corrected chi connectivity index (χ1v) is 7.44. The zero-order chi connectivity index (χ0) is 14.1. The fourth-order valence-electron chi connectivity index (χ4n) is 1.98. The zero-order valence-corrected chi connectivity index (χ0v) is 12.3. The smallest absolute Gasteiger partial charge is 0.331 e. The Morgan fingerprint density at radius 3 is 2.68 bits per heavy atom. The van der Waals surface area contributed by atoms with Gasteiger partial charge in [-0.2, -0.15) is 11.8 Å². The van der Waals surface area contributed by atoms with Gasteiger partial charge < -0.3 is 4.74 Å². The Morgan fingerprint density at radius 2 is 2.16 bits per heavy atom. The van der Waals surface area contributed by atoms with E-state index in [4.69, 9.17) is 4.74 Å². The van der Waals surface area contributed by atoms with Crippen molar-refractivity contribution in [2.45, 2.75) is 12.5 Å². The van der Waals surface area contributed by atoms with Crippen LogP contribution in [-0.2, 0) is 15.1 Å². The van der Waals surface area contributed by atoms with E-state index in [2.05, 4.69) is 11.9 Å². The highest BCUT2D eigenvalue weighted by Crippen LogP contribution is 2.27. The SMILES string of the molecule is C=CCSCC(NCC)(C(=O)OC)c1ccccc1. The van der Waals surface area contributed by atoms with Crippen LogP contribution in [0.2, 0.25) is 0 Å². The van der Waals surface area contributed by atoms with Crippen LogP contribution >= 0.6 is 11.8 Å². The van der Waals surface area contributed by atoms with Crippen molar-refractivity contribution in [2.24, 2.45) is 0 Å². The molecular formula is C15H21NO2S. The van der Waals surface area contributed by atoms with E-state index in [9.17, 15) is 4.79 Å². The Hall–Kier alpha value is -1.26. The van der Waals surface area contributed by atoms with Gasteiger partial charge in [0, 0.05) is 11.5 Å². The maximum Gasteiger partial charge on any atom is 0.331 e. The minimum atomic E-state index is -0.793. The molecule has 0 saturated carbocycles. The fraction of sp³-hybridized carbons (Fsp3) is 0.400. The number of thioether (sulfide) groups is 1. The summed E-state index contributed by atoms with van der Waals surface area (Å²) in [4.78, 5) is 12.3. The number of carbonyl (C=O) groups is 1. The predicted molar refractivity (Wildman–Crippen MR) is 81.3 cm³/mol. The Bertz CT molecular complexity index is 408. The van der Waals surface area contributed by atoms with Crippen LogP contribution in [0.1, 0.15) is 12.5 Å². The average molecular weight is 279 g/mol. The van der Waals surface area contributed by atoms with Gasteiger partial charge in [0.15, 0.2) is 5.54 Å². The van der Waals surface area contributed by atoms with E-state index in [-0.39, 0.29) is 5.97 Å². The highest BCUT2D eigenvalue weighted by molar-refractivity contribution is 7.99. The van der Waals surface area contributed by atoms with Crippen LogP contribution in [0.25, 0.3) is 0 Å². The quantitative estimate of drug-likeness (QED) is 0.451. The lowest BCUT2D eigenvalue weighted by atomic mass is 9.91. The first-order valence-electron chi connectivity index (χ1n) is 6.29. The van der Waals surface area contributed by atoms with Crippen LogP contribution in [0.15, 0.2) is 43.0 Å². The number of carbonyl (C=O) groups excluding carboxylic acids is 1. The van der Waals surface area contributed by atoms with Crippen molar-refractivity contribution in [3.8, 4) is 0 Å². The maximum absolute atomic E-state index is 12.3. The molecule has 0 saturated heterocycles. The van der Waals surface area contributed by atoms with E-state index in [1.807, 2.05) is 43.3 Å². The van der Waals surface area contributed by atoms with Crippen molar-refractivity contribution in [3.63, 3.8) is 0 Å². The summed E-state index contributed by atoms with van der Waals surface area (Å²) >= 11 is 1.66. The van der Waals surface area contributed by atoms with Crippen LogP contribution < -0.4 is 5.32 Å². The lowest BCUT2D eigenvalue weighted by Gasteiger charge is -2.32. The predicted octanol–water partition coefficient (Wildman–Crippen LogP) is 2.58. The lowest BCUT2D eigenvalue weighted by molar-refractivity contribution is -0.148. The molecule has 1 N–H and O–H groups in total. The van der Waals surface area contributed by atoms with E-state index in [0.717, 1.165) is 11.3 Å². The molecule has 0 bridgehead atoms. The Kier molecular flexibility index (Phi) is 6.67. The molecule has 104 valence electrons. The molecule has 0 amide bonds. The van der Waals surface area contributed by atoms with E-state index in [0.29, 0.717) is 12.3 Å². The summed E-state index contributed by atoms with van der Waals surface area (Å²) in [6.07, 6.45) is 1.84. The third kappa shape index (κ3) is 3.85. The van der Waals surface area contributed by atoms with E-state index in [1.54, 1.807) is 11.8 Å². The molecule has 1 atom stereocenters. The van der Waals surface area contributed by atoms with Crippen LogP contribution in [0.4, 0.5) is 0 Å². The molecule has 0 spiro atoms. The standard InChI is InChI=1S/C15H21NO2S/c1-4-11-19-12-15(16-5-2,14(17)18-3)13-9-7-6-8-10-13/h4,6-10,16H,1,5,11-12H2,2-3H3. The second kappa shape index (κ2) is 8.02. The van der Waals surface area contributed by atoms with Gasteiger partial charge in [-0.3, -0.25) is 5.32 Å². The van der Waals surface area contributed by atoms with Crippen LogP contribution in [0.5, 0.6) is 0 Å². The van der Waals surface area contributed by atoms with Gasteiger partial charge >= 0.3 is 5.97 Å². The number of esters is 1. The third-order valence-electron chi connectivity index (χ3n) is 2.83. The average Bonchev–Trinajstić information content (AvgIpc) is 2.46. The Balaban J connectivity index is 3.10. The summed E-state index contributed by atoms with van der Waals surface area (Å²) in [6, 6.07) is 9.71. The monoisotopic (exact) mass is 279 g/mol. The minimum Gasteiger partial charge on any atom is -0.467 e. The number of ether oxygens (including phenoxy) is 1. The van der Waals surface area contributed by atoms with Crippen molar-refractivity contribution < 1.29 is 9.53 Å². The van der Waals surface area contributed by atoms with Gasteiger partial charge in [0.2, 0.25) is 0 Å². The Labute approximate surface area is 119 Å². The van der Waals surface area contributed by atoms with Crippen molar-refractivity contribution in [2.75, 3.05) is 25.2 Å². The maximum atomic E-state index is 12.3. The van der Waals surface area contributed by atoms with Gasteiger partial charge in [0.1, 0.15) is 0 Å². The van der Waals surface area contributed by atoms with Crippen LogP contribution in [-0.4, -0.2) is 31.1 Å². The molecule has 19 heavy (non-hydrogen) atoms. The van der Waals surface area contributed by atoms with Crippen LogP contribution in [0, 0.1) is 0 Å². The normalized spacial score (nSPS) is 13.6. The third-order valence-corrected chi connectivity index (χ3v) is 3.94. The summed E-state index contributed by atoms with van der Waals surface area (Å²) < 4.78 is 5.01. The molecule has 0 aliphatic rings. The molecule has 0 aliphatic heterocycles. The minimum absolute atomic E-state index is 0.253.